The Labute approximate surface area is 146 Å². The maximum Gasteiger partial charge on any atom is -0.0271 e. The normalized spacial score (nSPS) is 11.1. The molecule has 2 rings (SSSR count). The molecule has 0 aliphatic rings. The van der Waals surface area contributed by atoms with Gasteiger partial charge in [-0.1, -0.05) is 77.8 Å². The predicted octanol–water partition coefficient (Wildman–Crippen LogP) is 5.15. The van der Waals surface area contributed by atoms with Gasteiger partial charge in [0.25, 0.3) is 0 Å². The first kappa shape index (κ1) is 19.4. The molecule has 0 N–H and O–H groups in total. The van der Waals surface area contributed by atoms with E-state index >= 15 is 0 Å². The van der Waals surface area contributed by atoms with Gasteiger partial charge in [-0.2, -0.15) is 0 Å². The summed E-state index contributed by atoms with van der Waals surface area (Å²) in [7, 11) is 11.4. The summed E-state index contributed by atoms with van der Waals surface area (Å²) in [6, 6.07) is 21.7. The average molecular weight is 404 g/mol. The van der Waals surface area contributed by atoms with E-state index in [9.17, 15) is 0 Å². The minimum Gasteiger partial charge on any atom is -0.0904 e. The quantitative estimate of drug-likeness (QED) is 0.340. The molecule has 2 atom stereocenters. The zero-order valence-electron chi connectivity index (χ0n) is 11.7. The van der Waals surface area contributed by atoms with Gasteiger partial charge >= 0.3 is 33.0 Å². The SMILES string of the molecule is [Cl][Ni][Cl].c1ccc(PCCCCPc2ccccc2)cc1. The number of hydrogen-bond acceptors (Lipinski definition) is 0. The maximum absolute atomic E-state index is 4.70. The molecular formula is C16H20Cl2NiP2. The van der Waals surface area contributed by atoms with E-state index < -0.39 is 0 Å². The predicted molar refractivity (Wildman–Crippen MR) is 99.5 cm³/mol. The number of halogens is 2. The molecule has 118 valence electrons. The summed E-state index contributed by atoms with van der Waals surface area (Å²) in [6.45, 7) is 0. The van der Waals surface area contributed by atoms with E-state index in [1.807, 2.05) is 0 Å². The van der Waals surface area contributed by atoms with E-state index in [2.05, 4.69) is 60.7 Å². The van der Waals surface area contributed by atoms with Gasteiger partial charge in [0.2, 0.25) is 0 Å². The molecule has 0 spiro atoms. The Morgan fingerprint density at radius 1 is 0.667 bits per heavy atom. The second kappa shape index (κ2) is 14.0. The van der Waals surface area contributed by atoms with Gasteiger partial charge < -0.3 is 0 Å². The fourth-order valence-corrected chi connectivity index (χ4v) is 4.11. The van der Waals surface area contributed by atoms with Crippen LogP contribution in [0.1, 0.15) is 12.8 Å². The fourth-order valence-electron chi connectivity index (χ4n) is 1.83. The molecule has 0 saturated heterocycles. The average Bonchev–Trinajstić information content (AvgIpc) is 2.53. The van der Waals surface area contributed by atoms with Crippen molar-refractivity contribution < 1.29 is 12.7 Å². The second-order valence-corrected chi connectivity index (χ2v) is 8.83. The van der Waals surface area contributed by atoms with Crippen molar-refractivity contribution >= 4 is 48.2 Å². The van der Waals surface area contributed by atoms with E-state index in [0.29, 0.717) is 12.7 Å². The first-order valence-electron chi connectivity index (χ1n) is 6.77. The van der Waals surface area contributed by atoms with E-state index in [4.69, 9.17) is 20.4 Å². The summed E-state index contributed by atoms with van der Waals surface area (Å²) in [5.41, 5.74) is 0. The van der Waals surface area contributed by atoms with Crippen molar-refractivity contribution in [2.24, 2.45) is 0 Å². The van der Waals surface area contributed by atoms with Gasteiger partial charge in [0.05, 0.1) is 0 Å². The number of rotatable bonds is 7. The third kappa shape index (κ3) is 10.7. The van der Waals surface area contributed by atoms with Crippen LogP contribution in [0.25, 0.3) is 0 Å². The Balaban J connectivity index is 0.000000677. The van der Waals surface area contributed by atoms with Crippen molar-refractivity contribution in [2.75, 3.05) is 12.3 Å². The summed E-state index contributed by atoms with van der Waals surface area (Å²) in [5.74, 6) is 0. The smallest absolute Gasteiger partial charge is 0.0271 e. The topological polar surface area (TPSA) is 0 Å². The van der Waals surface area contributed by atoms with Gasteiger partial charge in [-0.15, -0.1) is 0 Å². The van der Waals surface area contributed by atoms with Crippen LogP contribution in [0.5, 0.6) is 0 Å². The van der Waals surface area contributed by atoms with Crippen molar-refractivity contribution in [1.29, 1.82) is 0 Å². The van der Waals surface area contributed by atoms with Crippen LogP contribution in [-0.2, 0) is 12.7 Å². The molecule has 0 heterocycles. The molecule has 0 aromatic heterocycles. The fraction of sp³-hybridized carbons (Fsp3) is 0.250. The van der Waals surface area contributed by atoms with Crippen molar-refractivity contribution in [3.63, 3.8) is 0 Å². The van der Waals surface area contributed by atoms with Crippen molar-refractivity contribution in [1.82, 2.24) is 0 Å². The molecule has 0 nitrogen and oxygen atoms in total. The minimum atomic E-state index is 0.569. The van der Waals surface area contributed by atoms with Gasteiger partial charge in [0.1, 0.15) is 0 Å². The van der Waals surface area contributed by atoms with Crippen LogP contribution < -0.4 is 10.6 Å². The molecule has 5 heteroatoms. The number of hydrogen-bond donors (Lipinski definition) is 0. The van der Waals surface area contributed by atoms with E-state index in [-0.39, 0.29) is 0 Å². The summed E-state index contributed by atoms with van der Waals surface area (Å²) < 4.78 is 0. The molecule has 0 amide bonds. The van der Waals surface area contributed by atoms with Crippen LogP contribution in [-0.4, -0.2) is 12.3 Å². The second-order valence-electron chi connectivity index (χ2n) is 4.34. The largest absolute Gasteiger partial charge is 0.0904 e. The molecule has 0 radical (unpaired) electrons. The van der Waals surface area contributed by atoms with E-state index in [1.165, 1.54) is 35.8 Å². The van der Waals surface area contributed by atoms with Gasteiger partial charge in [0, 0.05) is 0 Å². The summed E-state index contributed by atoms with van der Waals surface area (Å²) >= 11 is 0.569. The van der Waals surface area contributed by atoms with E-state index in [1.54, 1.807) is 0 Å². The third-order valence-electron chi connectivity index (χ3n) is 2.81. The Kier molecular flexibility index (Phi) is 12.9. The standard InChI is InChI=1S/C16H20P2.2ClH.Ni/c1-3-9-15(10-4-1)17-13-7-8-14-18-16-11-5-2-6-12-16;;;/h1-6,9-12,17-18H,7-8,13-14H2;2*1H;/q;;;+2/p-2. The zero-order valence-corrected chi connectivity index (χ0v) is 16.2. The molecule has 2 aromatic rings. The summed E-state index contributed by atoms with van der Waals surface area (Å²) in [4.78, 5) is 0. The molecule has 2 aromatic carbocycles. The van der Waals surface area contributed by atoms with Crippen molar-refractivity contribution in [3.8, 4) is 0 Å². The Hall–Kier alpha value is 0.374. The van der Waals surface area contributed by atoms with E-state index in [0.717, 1.165) is 17.2 Å². The summed E-state index contributed by atoms with van der Waals surface area (Å²) in [6.07, 6.45) is 5.44. The van der Waals surface area contributed by atoms with Crippen LogP contribution >= 0.6 is 37.5 Å². The van der Waals surface area contributed by atoms with Gasteiger partial charge in [0.15, 0.2) is 0 Å². The summed E-state index contributed by atoms with van der Waals surface area (Å²) in [5, 5.41) is 3.01. The molecule has 21 heavy (non-hydrogen) atoms. The Morgan fingerprint density at radius 2 is 1.00 bits per heavy atom. The van der Waals surface area contributed by atoms with Crippen LogP contribution in [0.2, 0.25) is 0 Å². The van der Waals surface area contributed by atoms with Crippen LogP contribution in [0.4, 0.5) is 0 Å². The Morgan fingerprint density at radius 3 is 1.33 bits per heavy atom. The monoisotopic (exact) mass is 402 g/mol. The molecular weight excluding hydrogens is 384 g/mol. The molecule has 0 aliphatic heterocycles. The van der Waals surface area contributed by atoms with Crippen molar-refractivity contribution in [3.05, 3.63) is 60.7 Å². The molecule has 0 bridgehead atoms. The van der Waals surface area contributed by atoms with Crippen LogP contribution in [0, 0.1) is 0 Å². The van der Waals surface area contributed by atoms with Gasteiger partial charge in [-0.05, 0) is 35.8 Å². The van der Waals surface area contributed by atoms with Crippen LogP contribution in [0.3, 0.4) is 0 Å². The van der Waals surface area contributed by atoms with Gasteiger partial charge in [-0.3, -0.25) is 0 Å². The maximum atomic E-state index is 4.70. The molecule has 0 saturated carbocycles. The molecule has 0 aliphatic carbocycles. The van der Waals surface area contributed by atoms with Gasteiger partial charge in [-0.25, -0.2) is 0 Å². The molecule has 0 fully saturated rings. The number of unbranched alkanes of at least 4 members (excludes halogenated alkanes) is 1. The number of benzene rings is 2. The van der Waals surface area contributed by atoms with Crippen LogP contribution in [0.15, 0.2) is 60.7 Å². The minimum absolute atomic E-state index is 0.569. The zero-order chi connectivity index (χ0) is 15.2. The Bertz CT molecular complexity index is 411. The third-order valence-corrected chi connectivity index (χ3v) is 5.50. The molecule has 2 unspecified atom stereocenters. The first-order chi connectivity index (χ1) is 10.4. The first-order valence-corrected chi connectivity index (χ1v) is 11.9. The van der Waals surface area contributed by atoms with Crippen molar-refractivity contribution in [2.45, 2.75) is 12.8 Å².